The Hall–Kier alpha value is -1.88. The Morgan fingerprint density at radius 1 is 1.29 bits per heavy atom. The number of primary amides is 1. The van der Waals surface area contributed by atoms with E-state index in [4.69, 9.17) is 5.73 Å². The average molecular weight is 284 g/mol. The van der Waals surface area contributed by atoms with Gasteiger partial charge in [0.1, 0.15) is 11.3 Å². The lowest BCUT2D eigenvalue weighted by Gasteiger charge is -2.48. The first-order valence-corrected chi connectivity index (χ1v) is 7.73. The van der Waals surface area contributed by atoms with Gasteiger partial charge in [-0.25, -0.2) is 4.98 Å². The van der Waals surface area contributed by atoms with E-state index in [-0.39, 0.29) is 6.04 Å². The van der Waals surface area contributed by atoms with E-state index in [1.54, 1.807) is 6.07 Å². The quantitative estimate of drug-likeness (QED) is 0.791. The van der Waals surface area contributed by atoms with Crippen LogP contribution in [-0.4, -0.2) is 21.4 Å². The Labute approximate surface area is 123 Å². The van der Waals surface area contributed by atoms with Crippen molar-refractivity contribution in [2.45, 2.75) is 50.1 Å². The molecule has 0 radical (unpaired) electrons. The van der Waals surface area contributed by atoms with Gasteiger partial charge in [0.05, 0.1) is 17.1 Å². The molecule has 1 aliphatic heterocycles. The van der Waals surface area contributed by atoms with Crippen molar-refractivity contribution in [3.63, 3.8) is 0 Å². The van der Waals surface area contributed by atoms with Crippen LogP contribution in [0.3, 0.4) is 0 Å². The van der Waals surface area contributed by atoms with Gasteiger partial charge in [-0.05, 0) is 50.7 Å². The molecule has 5 heteroatoms. The van der Waals surface area contributed by atoms with Gasteiger partial charge >= 0.3 is 0 Å². The molecule has 2 aliphatic rings. The van der Waals surface area contributed by atoms with Crippen molar-refractivity contribution in [3.05, 3.63) is 29.6 Å². The van der Waals surface area contributed by atoms with Crippen molar-refractivity contribution in [1.29, 1.82) is 0 Å². The predicted molar refractivity (Wildman–Crippen MR) is 80.9 cm³/mol. The van der Waals surface area contributed by atoms with E-state index in [9.17, 15) is 4.79 Å². The molecule has 2 fully saturated rings. The number of fused-ring (bicyclic) bond motifs is 1. The van der Waals surface area contributed by atoms with Crippen molar-refractivity contribution < 1.29 is 4.79 Å². The summed E-state index contributed by atoms with van der Waals surface area (Å²) in [6.07, 6.45) is 7.47. The normalized spacial score (nSPS) is 24.1. The third-order valence-corrected chi connectivity index (χ3v) is 5.07. The number of hydrogen-bond donors (Lipinski definition) is 3. The molecule has 2 aromatic rings. The summed E-state index contributed by atoms with van der Waals surface area (Å²) in [6.45, 7) is 0. The summed E-state index contributed by atoms with van der Waals surface area (Å²) in [7, 11) is 0. The van der Waals surface area contributed by atoms with E-state index < -0.39 is 5.91 Å². The maximum absolute atomic E-state index is 11.5. The Morgan fingerprint density at radius 2 is 2.10 bits per heavy atom. The Bertz CT molecular complexity index is 701. The van der Waals surface area contributed by atoms with E-state index in [0.29, 0.717) is 16.6 Å². The summed E-state index contributed by atoms with van der Waals surface area (Å²) < 4.78 is 0. The van der Waals surface area contributed by atoms with E-state index in [1.807, 2.05) is 12.1 Å². The van der Waals surface area contributed by atoms with Gasteiger partial charge in [-0.2, -0.15) is 0 Å². The Morgan fingerprint density at radius 3 is 2.81 bits per heavy atom. The summed E-state index contributed by atoms with van der Waals surface area (Å²) in [4.78, 5) is 19.5. The number of rotatable bonds is 2. The topological polar surface area (TPSA) is 83.8 Å². The lowest BCUT2D eigenvalue weighted by atomic mass is 9.70. The highest BCUT2D eigenvalue weighted by Crippen LogP contribution is 2.42. The SMILES string of the molecule is NC(=O)c1cccc2[nH]c(C3CCCC4(CCC4)N3)nc12. The fourth-order valence-electron chi connectivity index (χ4n) is 3.78. The second-order valence-electron chi connectivity index (χ2n) is 6.41. The van der Waals surface area contributed by atoms with E-state index >= 15 is 0 Å². The van der Waals surface area contributed by atoms with Crippen LogP contribution in [0.5, 0.6) is 0 Å². The number of nitrogens with two attached hydrogens (primary N) is 1. The predicted octanol–water partition coefficient (Wildman–Crippen LogP) is 2.40. The molecular weight excluding hydrogens is 264 g/mol. The number of carbonyl (C=O) groups is 1. The zero-order valence-electron chi connectivity index (χ0n) is 12.0. The molecule has 1 unspecified atom stereocenters. The number of imidazole rings is 1. The number of para-hydroxylation sites is 1. The average Bonchev–Trinajstić information content (AvgIpc) is 2.89. The Kier molecular flexibility index (Phi) is 2.79. The molecule has 4 N–H and O–H groups in total. The molecule has 0 bridgehead atoms. The first-order valence-electron chi connectivity index (χ1n) is 7.73. The number of H-pyrrole nitrogens is 1. The number of carbonyl (C=O) groups excluding carboxylic acids is 1. The van der Waals surface area contributed by atoms with Gasteiger partial charge in [0.15, 0.2) is 0 Å². The van der Waals surface area contributed by atoms with Gasteiger partial charge in [-0.1, -0.05) is 6.07 Å². The molecule has 1 amide bonds. The summed E-state index contributed by atoms with van der Waals surface area (Å²) in [5, 5.41) is 3.78. The molecule has 1 atom stereocenters. The lowest BCUT2D eigenvalue weighted by Crippen LogP contribution is -2.54. The van der Waals surface area contributed by atoms with Crippen LogP contribution in [0.2, 0.25) is 0 Å². The largest absolute Gasteiger partial charge is 0.366 e. The maximum Gasteiger partial charge on any atom is 0.250 e. The molecule has 1 spiro atoms. The first kappa shape index (κ1) is 12.8. The molecule has 1 aliphatic carbocycles. The zero-order valence-corrected chi connectivity index (χ0v) is 12.0. The number of aromatic nitrogens is 2. The fourth-order valence-corrected chi connectivity index (χ4v) is 3.78. The standard InChI is InChI=1S/C16H20N4O/c17-14(21)10-4-1-5-11-13(10)19-15(18-11)12-6-2-7-16(20-12)8-3-9-16/h1,4-5,12,20H,2-3,6-9H2,(H2,17,21)(H,18,19). The van der Waals surface area contributed by atoms with Crippen LogP contribution >= 0.6 is 0 Å². The lowest BCUT2D eigenvalue weighted by molar-refractivity contribution is 0.100. The number of hydrogen-bond acceptors (Lipinski definition) is 3. The maximum atomic E-state index is 11.5. The number of nitrogens with one attached hydrogen (secondary N) is 2. The second-order valence-corrected chi connectivity index (χ2v) is 6.41. The Balaban J connectivity index is 1.70. The van der Waals surface area contributed by atoms with Crippen LogP contribution in [0.15, 0.2) is 18.2 Å². The molecule has 110 valence electrons. The molecule has 1 aromatic carbocycles. The minimum absolute atomic E-state index is 0.257. The van der Waals surface area contributed by atoms with Crippen molar-refractivity contribution in [2.24, 2.45) is 5.73 Å². The van der Waals surface area contributed by atoms with Crippen LogP contribution in [-0.2, 0) is 0 Å². The van der Waals surface area contributed by atoms with Crippen molar-refractivity contribution in [3.8, 4) is 0 Å². The molecule has 1 saturated heterocycles. The monoisotopic (exact) mass is 284 g/mol. The van der Waals surface area contributed by atoms with Crippen molar-refractivity contribution in [1.82, 2.24) is 15.3 Å². The summed E-state index contributed by atoms with van der Waals surface area (Å²) in [5.74, 6) is 0.510. The van der Waals surface area contributed by atoms with Crippen LogP contribution in [0.4, 0.5) is 0 Å². The molecule has 2 heterocycles. The van der Waals surface area contributed by atoms with Crippen LogP contribution in [0.1, 0.15) is 60.7 Å². The highest BCUT2D eigenvalue weighted by Gasteiger charge is 2.41. The number of aromatic amines is 1. The van der Waals surface area contributed by atoms with Gasteiger partial charge in [-0.3, -0.25) is 4.79 Å². The summed E-state index contributed by atoms with van der Waals surface area (Å²) in [5.41, 5.74) is 7.84. The van der Waals surface area contributed by atoms with Crippen LogP contribution < -0.4 is 11.1 Å². The minimum Gasteiger partial charge on any atom is -0.366 e. The summed E-state index contributed by atoms with van der Waals surface area (Å²) in [6, 6.07) is 5.77. The van der Waals surface area contributed by atoms with E-state index in [2.05, 4.69) is 15.3 Å². The highest BCUT2D eigenvalue weighted by atomic mass is 16.1. The van der Waals surface area contributed by atoms with Gasteiger partial charge in [0.2, 0.25) is 0 Å². The highest BCUT2D eigenvalue weighted by molar-refractivity contribution is 6.04. The number of amides is 1. The molecule has 1 aromatic heterocycles. The third kappa shape index (κ3) is 2.03. The smallest absolute Gasteiger partial charge is 0.250 e. The van der Waals surface area contributed by atoms with Gasteiger partial charge in [0, 0.05) is 5.54 Å². The van der Waals surface area contributed by atoms with Gasteiger partial charge in [0.25, 0.3) is 5.91 Å². The molecule has 5 nitrogen and oxygen atoms in total. The van der Waals surface area contributed by atoms with E-state index in [1.165, 1.54) is 32.1 Å². The summed E-state index contributed by atoms with van der Waals surface area (Å²) >= 11 is 0. The zero-order chi connectivity index (χ0) is 14.4. The second kappa shape index (κ2) is 4.56. The molecular formula is C16H20N4O. The van der Waals surface area contributed by atoms with Crippen molar-refractivity contribution in [2.75, 3.05) is 0 Å². The van der Waals surface area contributed by atoms with Gasteiger partial charge in [-0.15, -0.1) is 0 Å². The van der Waals surface area contributed by atoms with Crippen LogP contribution in [0, 0.1) is 0 Å². The first-order chi connectivity index (χ1) is 10.2. The van der Waals surface area contributed by atoms with Gasteiger partial charge < -0.3 is 16.0 Å². The molecule has 4 rings (SSSR count). The number of nitrogens with zero attached hydrogens (tertiary/aromatic N) is 1. The number of piperidine rings is 1. The fraction of sp³-hybridized carbons (Fsp3) is 0.500. The molecule has 1 saturated carbocycles. The van der Waals surface area contributed by atoms with Crippen LogP contribution in [0.25, 0.3) is 11.0 Å². The number of benzene rings is 1. The third-order valence-electron chi connectivity index (χ3n) is 5.07. The van der Waals surface area contributed by atoms with E-state index in [0.717, 1.165) is 17.8 Å². The molecule has 21 heavy (non-hydrogen) atoms. The van der Waals surface area contributed by atoms with Crippen molar-refractivity contribution >= 4 is 16.9 Å². The minimum atomic E-state index is -0.425.